The first-order chi connectivity index (χ1) is 9.54. The number of aryl methyl sites for hydroxylation is 1. The lowest BCUT2D eigenvalue weighted by Gasteiger charge is -2.11. The van der Waals surface area contributed by atoms with Crippen LogP contribution in [-0.4, -0.2) is 18.0 Å². The maximum absolute atomic E-state index is 12.1. The van der Waals surface area contributed by atoms with E-state index in [2.05, 4.69) is 10.3 Å². The standard InChI is InChI=1S/C13H13ClF2N2OS/c1-8-4-9(19-7-12(15)16)2-3-11(8)17-5-10-6-18-13(14)20-10/h2-4,6,12,17H,5,7H2,1H3. The predicted octanol–water partition coefficient (Wildman–Crippen LogP) is 4.36. The topological polar surface area (TPSA) is 34.1 Å². The van der Waals surface area contributed by atoms with E-state index in [1.54, 1.807) is 24.4 Å². The van der Waals surface area contributed by atoms with E-state index in [9.17, 15) is 8.78 Å². The van der Waals surface area contributed by atoms with Crippen molar-refractivity contribution < 1.29 is 13.5 Å². The molecule has 0 saturated carbocycles. The number of alkyl halides is 2. The average Bonchev–Trinajstić information content (AvgIpc) is 2.81. The molecule has 1 aromatic heterocycles. The van der Waals surface area contributed by atoms with Crippen LogP contribution in [0.2, 0.25) is 4.47 Å². The SMILES string of the molecule is Cc1cc(OCC(F)F)ccc1NCc1cnc(Cl)s1. The van der Waals surface area contributed by atoms with Gasteiger partial charge in [0.15, 0.2) is 4.47 Å². The van der Waals surface area contributed by atoms with Gasteiger partial charge >= 0.3 is 0 Å². The molecule has 0 aliphatic rings. The molecule has 2 aromatic rings. The number of nitrogens with zero attached hydrogens (tertiary/aromatic N) is 1. The van der Waals surface area contributed by atoms with Gasteiger partial charge in [0.2, 0.25) is 0 Å². The van der Waals surface area contributed by atoms with E-state index >= 15 is 0 Å². The van der Waals surface area contributed by atoms with E-state index in [0.717, 1.165) is 16.1 Å². The highest BCUT2D eigenvalue weighted by Gasteiger charge is 2.06. The molecule has 0 saturated heterocycles. The van der Waals surface area contributed by atoms with Gasteiger partial charge in [0.05, 0.1) is 6.54 Å². The van der Waals surface area contributed by atoms with E-state index in [4.69, 9.17) is 16.3 Å². The first-order valence-corrected chi connectivity index (χ1v) is 7.09. The lowest BCUT2D eigenvalue weighted by molar-refractivity contribution is 0.0819. The Morgan fingerprint density at radius 1 is 1.45 bits per heavy atom. The number of benzene rings is 1. The van der Waals surface area contributed by atoms with E-state index in [1.807, 2.05) is 6.92 Å². The summed E-state index contributed by atoms with van der Waals surface area (Å²) < 4.78 is 29.6. The quantitative estimate of drug-likeness (QED) is 0.859. The van der Waals surface area contributed by atoms with E-state index in [0.29, 0.717) is 16.8 Å². The Kier molecular flexibility index (Phi) is 5.14. The highest BCUT2D eigenvalue weighted by Crippen LogP contribution is 2.24. The Labute approximate surface area is 124 Å². The molecule has 7 heteroatoms. The van der Waals surface area contributed by atoms with Crippen LogP contribution in [0.25, 0.3) is 0 Å². The number of ether oxygens (including phenoxy) is 1. The average molecular weight is 319 g/mol. The number of rotatable bonds is 6. The Morgan fingerprint density at radius 2 is 2.25 bits per heavy atom. The minimum Gasteiger partial charge on any atom is -0.488 e. The molecule has 0 spiro atoms. The highest BCUT2D eigenvalue weighted by atomic mass is 35.5. The maximum Gasteiger partial charge on any atom is 0.272 e. The van der Waals surface area contributed by atoms with Crippen LogP contribution in [0.1, 0.15) is 10.4 Å². The minimum absolute atomic E-state index is 0.439. The van der Waals surface area contributed by atoms with Gasteiger partial charge in [-0.05, 0) is 30.7 Å². The van der Waals surface area contributed by atoms with Crippen LogP contribution in [0.4, 0.5) is 14.5 Å². The summed E-state index contributed by atoms with van der Waals surface area (Å²) in [5.74, 6) is 0.439. The molecule has 0 amide bonds. The van der Waals surface area contributed by atoms with Gasteiger partial charge in [0.1, 0.15) is 12.4 Å². The van der Waals surface area contributed by atoms with Gasteiger partial charge < -0.3 is 10.1 Å². The van der Waals surface area contributed by atoms with Crippen molar-refractivity contribution in [1.82, 2.24) is 4.98 Å². The summed E-state index contributed by atoms with van der Waals surface area (Å²) in [4.78, 5) is 4.98. The van der Waals surface area contributed by atoms with Crippen LogP contribution in [0.3, 0.4) is 0 Å². The summed E-state index contributed by atoms with van der Waals surface area (Å²) in [5.41, 5.74) is 1.84. The molecule has 0 radical (unpaired) electrons. The molecule has 1 heterocycles. The van der Waals surface area contributed by atoms with E-state index in [-0.39, 0.29) is 0 Å². The number of halogens is 3. The lowest BCUT2D eigenvalue weighted by atomic mass is 10.2. The molecule has 3 nitrogen and oxygen atoms in total. The van der Waals surface area contributed by atoms with Gasteiger partial charge in [-0.15, -0.1) is 11.3 Å². The first-order valence-electron chi connectivity index (χ1n) is 5.90. The molecule has 20 heavy (non-hydrogen) atoms. The number of thiazole rings is 1. The lowest BCUT2D eigenvalue weighted by Crippen LogP contribution is -2.07. The van der Waals surface area contributed by atoms with E-state index < -0.39 is 13.0 Å². The molecular weight excluding hydrogens is 306 g/mol. The molecule has 0 atom stereocenters. The monoisotopic (exact) mass is 318 g/mol. The van der Waals surface area contributed by atoms with Gasteiger partial charge in [-0.25, -0.2) is 13.8 Å². The van der Waals surface area contributed by atoms with Crippen LogP contribution in [-0.2, 0) is 6.54 Å². The molecule has 2 rings (SSSR count). The van der Waals surface area contributed by atoms with Crippen molar-refractivity contribution in [3.63, 3.8) is 0 Å². The minimum atomic E-state index is -2.47. The Hall–Kier alpha value is -1.40. The zero-order chi connectivity index (χ0) is 14.5. The first kappa shape index (κ1) is 15.0. The van der Waals surface area contributed by atoms with Crippen molar-refractivity contribution in [3.8, 4) is 5.75 Å². The predicted molar refractivity (Wildman–Crippen MR) is 77.1 cm³/mol. The van der Waals surface area contributed by atoms with Crippen LogP contribution < -0.4 is 10.1 Å². The Bertz CT molecular complexity index is 577. The Balaban J connectivity index is 1.95. The summed E-state index contributed by atoms with van der Waals surface area (Å²) >= 11 is 7.17. The van der Waals surface area contributed by atoms with Gasteiger partial charge in [0, 0.05) is 16.8 Å². The van der Waals surface area contributed by atoms with Crippen molar-refractivity contribution in [2.45, 2.75) is 19.9 Å². The molecule has 1 aromatic carbocycles. The van der Waals surface area contributed by atoms with Crippen molar-refractivity contribution in [2.24, 2.45) is 0 Å². The fourth-order valence-electron chi connectivity index (χ4n) is 1.63. The second-order valence-electron chi connectivity index (χ2n) is 4.11. The number of aromatic nitrogens is 1. The normalized spacial score (nSPS) is 10.8. The fourth-order valence-corrected chi connectivity index (χ4v) is 2.55. The molecule has 0 fully saturated rings. The van der Waals surface area contributed by atoms with Crippen molar-refractivity contribution in [2.75, 3.05) is 11.9 Å². The van der Waals surface area contributed by atoms with Crippen LogP contribution in [0.15, 0.2) is 24.4 Å². The second-order valence-corrected chi connectivity index (χ2v) is 5.81. The van der Waals surface area contributed by atoms with Gasteiger partial charge in [0.25, 0.3) is 6.43 Å². The number of hydrogen-bond donors (Lipinski definition) is 1. The third-order valence-corrected chi connectivity index (χ3v) is 3.67. The summed E-state index contributed by atoms with van der Waals surface area (Å²) in [6.07, 6.45) is -0.751. The molecule has 0 bridgehead atoms. The molecular formula is C13H13ClF2N2OS. The molecule has 0 aliphatic carbocycles. The fraction of sp³-hybridized carbons (Fsp3) is 0.308. The Morgan fingerprint density at radius 3 is 2.85 bits per heavy atom. The third kappa shape index (κ3) is 4.31. The van der Waals surface area contributed by atoms with Crippen molar-refractivity contribution >= 4 is 28.6 Å². The number of hydrogen-bond acceptors (Lipinski definition) is 4. The highest BCUT2D eigenvalue weighted by molar-refractivity contribution is 7.15. The molecule has 0 unspecified atom stereocenters. The van der Waals surface area contributed by atoms with Gasteiger partial charge in [-0.2, -0.15) is 0 Å². The maximum atomic E-state index is 12.1. The zero-order valence-corrected chi connectivity index (χ0v) is 12.3. The molecule has 108 valence electrons. The number of anilines is 1. The molecule has 0 aliphatic heterocycles. The van der Waals surface area contributed by atoms with Gasteiger partial charge in [-0.3, -0.25) is 0 Å². The van der Waals surface area contributed by atoms with Crippen molar-refractivity contribution in [1.29, 1.82) is 0 Å². The van der Waals surface area contributed by atoms with Gasteiger partial charge in [-0.1, -0.05) is 11.6 Å². The van der Waals surface area contributed by atoms with E-state index in [1.165, 1.54) is 11.3 Å². The smallest absolute Gasteiger partial charge is 0.272 e. The summed E-state index contributed by atoms with van der Waals surface area (Å²) in [6.45, 7) is 1.91. The largest absolute Gasteiger partial charge is 0.488 e. The van der Waals surface area contributed by atoms with Crippen LogP contribution in [0, 0.1) is 6.92 Å². The third-order valence-electron chi connectivity index (χ3n) is 2.55. The zero-order valence-electron chi connectivity index (χ0n) is 10.7. The van der Waals surface area contributed by atoms with Crippen LogP contribution in [0.5, 0.6) is 5.75 Å². The summed E-state index contributed by atoms with van der Waals surface area (Å²) in [5, 5.41) is 3.24. The summed E-state index contributed by atoms with van der Waals surface area (Å²) in [7, 11) is 0. The summed E-state index contributed by atoms with van der Waals surface area (Å²) in [6, 6.07) is 5.19. The van der Waals surface area contributed by atoms with Crippen molar-refractivity contribution in [3.05, 3.63) is 39.3 Å². The van der Waals surface area contributed by atoms with Crippen LogP contribution >= 0.6 is 22.9 Å². The molecule has 1 N–H and O–H groups in total. The second kappa shape index (κ2) is 6.85. The number of nitrogens with one attached hydrogen (secondary N) is 1.